The first-order chi connectivity index (χ1) is 12.4. The average Bonchev–Trinajstić information content (AvgIpc) is 2.52. The van der Waals surface area contributed by atoms with Gasteiger partial charge in [-0.25, -0.2) is 22.0 Å². The Morgan fingerprint density at radius 2 is 1.04 bits per heavy atom. The van der Waals surface area contributed by atoms with Gasteiger partial charge < -0.3 is 13.3 Å². The molecule has 1 aromatic carbocycles. The Morgan fingerprint density at radius 1 is 0.704 bits per heavy atom. The predicted molar refractivity (Wildman–Crippen MR) is 80.4 cm³/mol. The van der Waals surface area contributed by atoms with Crippen molar-refractivity contribution in [2.45, 2.75) is 39.7 Å². The van der Waals surface area contributed by atoms with Gasteiger partial charge in [-0.15, -0.1) is 0 Å². The molecule has 0 aliphatic rings. The van der Waals surface area contributed by atoms with Crippen molar-refractivity contribution >= 4 is 26.7 Å². The van der Waals surface area contributed by atoms with Crippen molar-refractivity contribution < 1.29 is 49.6 Å². The Bertz CT molecular complexity index is 700. The topological polar surface area (TPSA) is 78.9 Å². The Kier molecular flexibility index (Phi) is 7.45. The van der Waals surface area contributed by atoms with E-state index < -0.39 is 73.8 Å². The molecule has 0 heterocycles. The molecule has 0 atom stereocenters. The van der Waals surface area contributed by atoms with Crippen LogP contribution in [0.15, 0.2) is 0 Å². The number of halogens is 5. The predicted octanol–water partition coefficient (Wildman–Crippen LogP) is 2.94. The molecule has 6 nitrogen and oxygen atoms in total. The molecule has 0 bridgehead atoms. The Morgan fingerprint density at radius 3 is 1.37 bits per heavy atom. The lowest BCUT2D eigenvalue weighted by molar-refractivity contribution is -0.147. The van der Waals surface area contributed by atoms with Gasteiger partial charge >= 0.3 is 8.80 Å². The maximum atomic E-state index is 13.7. The van der Waals surface area contributed by atoms with Crippen LogP contribution in [0.3, 0.4) is 0 Å². The second kappa shape index (κ2) is 8.93. The van der Waals surface area contributed by atoms with Crippen molar-refractivity contribution in [2.75, 3.05) is 0 Å². The molecule has 1 aromatic rings. The lowest BCUT2D eigenvalue weighted by atomic mass is 10.1. The minimum absolute atomic E-state index is 0.377. The lowest BCUT2D eigenvalue weighted by Crippen LogP contribution is -2.49. The molecular weight excluding hydrogens is 399 g/mol. The largest absolute Gasteiger partial charge is 0.705 e. The van der Waals surface area contributed by atoms with Gasteiger partial charge in [-0.05, 0) is 12.8 Å². The van der Waals surface area contributed by atoms with Crippen LogP contribution in [0.1, 0.15) is 32.8 Å². The summed E-state index contributed by atoms with van der Waals surface area (Å²) in [4.78, 5) is 33.8. The summed E-state index contributed by atoms with van der Waals surface area (Å²) in [6, 6.07) is -0.481. The number of rotatable bonds is 7. The number of hydrogen-bond acceptors (Lipinski definition) is 6. The van der Waals surface area contributed by atoms with Gasteiger partial charge in [-0.3, -0.25) is 14.4 Å². The summed E-state index contributed by atoms with van der Waals surface area (Å²) >= 11 is 0. The molecule has 0 aliphatic heterocycles. The molecule has 27 heavy (non-hydrogen) atoms. The van der Waals surface area contributed by atoms with Crippen molar-refractivity contribution in [1.29, 1.82) is 0 Å². The normalized spacial score (nSPS) is 11.1. The van der Waals surface area contributed by atoms with E-state index in [1.165, 1.54) is 0 Å². The highest BCUT2D eigenvalue weighted by Gasteiger charge is 2.51. The molecule has 0 saturated carbocycles. The van der Waals surface area contributed by atoms with E-state index in [2.05, 4.69) is 0 Å². The third-order valence-corrected chi connectivity index (χ3v) is 5.87. The highest BCUT2D eigenvalue weighted by atomic mass is 28.4. The van der Waals surface area contributed by atoms with Crippen molar-refractivity contribution in [3.63, 3.8) is 0 Å². The summed E-state index contributed by atoms with van der Waals surface area (Å²) in [6.07, 6.45) is -1.07. The average molecular weight is 414 g/mol. The summed E-state index contributed by atoms with van der Waals surface area (Å²) in [7, 11) is -4.27. The van der Waals surface area contributed by atoms with Gasteiger partial charge in [0.05, 0.1) is 6.04 Å². The first-order valence-electron chi connectivity index (χ1n) is 7.49. The molecule has 0 aromatic heterocycles. The summed E-state index contributed by atoms with van der Waals surface area (Å²) in [5, 5.41) is 0. The van der Waals surface area contributed by atoms with Crippen LogP contribution < -0.4 is 0 Å². The second-order valence-corrected chi connectivity index (χ2v) is 7.84. The van der Waals surface area contributed by atoms with Crippen LogP contribution in [-0.2, 0) is 34.1 Å². The SMILES string of the molecule is CC(=O)O[Si](CCCc1c(F)c(F)c(F)c(F)c1F)(OC(C)=O)OC(C)=O. The van der Waals surface area contributed by atoms with Gasteiger partial charge in [0, 0.05) is 26.3 Å². The second-order valence-electron chi connectivity index (χ2n) is 5.37. The highest BCUT2D eigenvalue weighted by molar-refractivity contribution is 6.65. The highest BCUT2D eigenvalue weighted by Crippen LogP contribution is 2.26. The van der Waals surface area contributed by atoms with Crippen molar-refractivity contribution in [1.82, 2.24) is 0 Å². The molecule has 1 rings (SSSR count). The Hall–Kier alpha value is -2.50. The number of hydrogen-bond donors (Lipinski definition) is 0. The van der Waals surface area contributed by atoms with E-state index in [-0.39, 0.29) is 6.42 Å². The summed E-state index contributed by atoms with van der Waals surface area (Å²) in [5.74, 6) is -13.4. The first-order valence-corrected chi connectivity index (χ1v) is 9.42. The monoisotopic (exact) mass is 414 g/mol. The van der Waals surface area contributed by atoms with Crippen LogP contribution in [0.2, 0.25) is 6.04 Å². The van der Waals surface area contributed by atoms with E-state index in [1.807, 2.05) is 0 Å². The Balaban J connectivity index is 3.10. The van der Waals surface area contributed by atoms with Crippen LogP contribution in [-0.4, -0.2) is 26.7 Å². The molecule has 0 aliphatic carbocycles. The first kappa shape index (κ1) is 22.5. The smallest absolute Gasteiger partial charge is 0.455 e. The summed E-state index contributed by atoms with van der Waals surface area (Å²) in [6.45, 7) is 2.83. The fourth-order valence-electron chi connectivity index (χ4n) is 2.22. The fraction of sp³-hybridized carbons (Fsp3) is 0.400. The van der Waals surface area contributed by atoms with Crippen LogP contribution in [0, 0.1) is 29.1 Å². The maximum absolute atomic E-state index is 13.7. The third-order valence-electron chi connectivity index (χ3n) is 3.11. The van der Waals surface area contributed by atoms with Crippen LogP contribution in [0.4, 0.5) is 22.0 Å². The molecule has 0 fully saturated rings. The fourth-order valence-corrected chi connectivity index (χ4v) is 4.58. The molecular formula is C15H15F5O6Si. The van der Waals surface area contributed by atoms with Gasteiger partial charge in [-0.2, -0.15) is 0 Å². The molecule has 0 amide bonds. The zero-order valence-electron chi connectivity index (χ0n) is 14.5. The van der Waals surface area contributed by atoms with Gasteiger partial charge in [-0.1, -0.05) is 0 Å². The Labute approximate surface area is 151 Å². The summed E-state index contributed by atoms with van der Waals surface area (Å²) < 4.78 is 81.4. The minimum Gasteiger partial charge on any atom is -0.455 e. The van der Waals surface area contributed by atoms with Crippen molar-refractivity contribution in [2.24, 2.45) is 0 Å². The van der Waals surface area contributed by atoms with E-state index in [4.69, 9.17) is 13.3 Å². The zero-order chi connectivity index (χ0) is 20.9. The molecule has 0 spiro atoms. The maximum Gasteiger partial charge on any atom is 0.705 e. The van der Waals surface area contributed by atoms with Gasteiger partial charge in [0.2, 0.25) is 5.82 Å². The van der Waals surface area contributed by atoms with E-state index in [0.29, 0.717) is 0 Å². The van der Waals surface area contributed by atoms with Gasteiger partial charge in [0.15, 0.2) is 23.3 Å². The van der Waals surface area contributed by atoms with Crippen LogP contribution in [0.5, 0.6) is 0 Å². The van der Waals surface area contributed by atoms with Gasteiger partial charge in [0.25, 0.3) is 17.9 Å². The molecule has 150 valence electrons. The standard InChI is InChI=1S/C15H15F5O6Si/c1-7(21)24-27(25-8(2)22,26-9(3)23)6-4-5-10-11(16)13(18)15(20)14(19)12(10)17/h4-6H2,1-3H3. The quantitative estimate of drug-likeness (QED) is 0.296. The number of carbonyl (C=O) groups is 3. The number of benzene rings is 1. The molecule has 0 N–H and O–H groups in total. The lowest BCUT2D eigenvalue weighted by Gasteiger charge is -2.26. The molecule has 12 heteroatoms. The van der Waals surface area contributed by atoms with E-state index in [0.717, 1.165) is 20.8 Å². The van der Waals surface area contributed by atoms with E-state index in [1.54, 1.807) is 0 Å². The molecule has 0 saturated heterocycles. The van der Waals surface area contributed by atoms with Gasteiger partial charge in [0.1, 0.15) is 0 Å². The molecule has 0 unspecified atom stereocenters. The van der Waals surface area contributed by atoms with Crippen LogP contribution in [0.25, 0.3) is 0 Å². The van der Waals surface area contributed by atoms with E-state index in [9.17, 15) is 36.3 Å². The minimum atomic E-state index is -4.27. The number of carbonyl (C=O) groups excluding carboxylic acids is 3. The summed E-state index contributed by atoms with van der Waals surface area (Å²) in [5.41, 5.74) is -1.09. The van der Waals surface area contributed by atoms with Crippen molar-refractivity contribution in [3.05, 3.63) is 34.6 Å². The third kappa shape index (κ3) is 5.74. The zero-order valence-corrected chi connectivity index (χ0v) is 15.5. The van der Waals surface area contributed by atoms with E-state index >= 15 is 0 Å². The molecule has 0 radical (unpaired) electrons. The van der Waals surface area contributed by atoms with Crippen molar-refractivity contribution in [3.8, 4) is 0 Å². The van der Waals surface area contributed by atoms with Crippen LogP contribution >= 0.6 is 0 Å².